The molecule has 3 rings (SSSR count). The fourth-order valence-corrected chi connectivity index (χ4v) is 2.79. The number of fused-ring (bicyclic) bond motifs is 1. The van der Waals surface area contributed by atoms with Gasteiger partial charge < -0.3 is 15.6 Å². The van der Waals surface area contributed by atoms with Gasteiger partial charge in [0.25, 0.3) is 0 Å². The number of aromatic amines is 1. The van der Waals surface area contributed by atoms with Gasteiger partial charge in [-0.3, -0.25) is 9.59 Å². The smallest absolute Gasteiger partial charge is 0.226 e. The molecule has 0 bridgehead atoms. The Hall–Kier alpha value is -2.37. The van der Waals surface area contributed by atoms with E-state index in [4.69, 9.17) is 5.73 Å². The molecule has 1 aliphatic heterocycles. The predicted octanol–water partition coefficient (Wildman–Crippen LogP) is 0.829. The standard InChI is InChI=1S/C15H18N4O2/c16-15(21)11-3-5-19(6-4-11)14(20)8-10-1-2-12-13(7-10)18-9-17-12/h1-2,7,9,11H,3-6,8H2,(H2,16,21)(H,17,18). The Morgan fingerprint density at radius 3 is 2.81 bits per heavy atom. The minimum Gasteiger partial charge on any atom is -0.369 e. The first-order chi connectivity index (χ1) is 10.1. The summed E-state index contributed by atoms with van der Waals surface area (Å²) in [5.41, 5.74) is 8.10. The second-order valence-corrected chi connectivity index (χ2v) is 5.49. The van der Waals surface area contributed by atoms with Crippen LogP contribution in [0.5, 0.6) is 0 Å². The third-order valence-electron chi connectivity index (χ3n) is 4.09. The lowest BCUT2D eigenvalue weighted by molar-refractivity contribution is -0.134. The summed E-state index contributed by atoms with van der Waals surface area (Å²) in [7, 11) is 0. The van der Waals surface area contributed by atoms with Crippen LogP contribution >= 0.6 is 0 Å². The van der Waals surface area contributed by atoms with Crippen LogP contribution in [-0.4, -0.2) is 39.8 Å². The number of rotatable bonds is 3. The highest BCUT2D eigenvalue weighted by atomic mass is 16.2. The molecule has 0 spiro atoms. The Morgan fingerprint density at radius 2 is 2.10 bits per heavy atom. The van der Waals surface area contributed by atoms with Crippen LogP contribution < -0.4 is 5.73 Å². The zero-order chi connectivity index (χ0) is 14.8. The summed E-state index contributed by atoms with van der Waals surface area (Å²) in [6.07, 6.45) is 3.35. The normalized spacial score (nSPS) is 16.3. The van der Waals surface area contributed by atoms with E-state index in [1.165, 1.54) is 0 Å². The first-order valence-corrected chi connectivity index (χ1v) is 7.12. The van der Waals surface area contributed by atoms with Crippen molar-refractivity contribution in [2.45, 2.75) is 19.3 Å². The highest BCUT2D eigenvalue weighted by molar-refractivity contribution is 5.82. The number of primary amides is 1. The number of aromatic nitrogens is 2. The Kier molecular flexibility index (Phi) is 3.60. The number of piperidine rings is 1. The van der Waals surface area contributed by atoms with E-state index in [0.717, 1.165) is 16.6 Å². The number of carbonyl (C=O) groups excluding carboxylic acids is 2. The number of nitrogens with two attached hydrogens (primary N) is 1. The van der Waals surface area contributed by atoms with E-state index >= 15 is 0 Å². The van der Waals surface area contributed by atoms with Crippen molar-refractivity contribution in [3.05, 3.63) is 30.1 Å². The minimum atomic E-state index is -0.258. The van der Waals surface area contributed by atoms with Crippen molar-refractivity contribution >= 4 is 22.8 Å². The second-order valence-electron chi connectivity index (χ2n) is 5.49. The maximum absolute atomic E-state index is 12.3. The molecule has 3 N–H and O–H groups in total. The molecular weight excluding hydrogens is 268 g/mol. The zero-order valence-corrected chi connectivity index (χ0v) is 11.7. The number of carbonyl (C=O) groups is 2. The number of likely N-dealkylation sites (tertiary alicyclic amines) is 1. The van der Waals surface area contributed by atoms with E-state index in [0.29, 0.717) is 32.4 Å². The summed E-state index contributed by atoms with van der Waals surface area (Å²) in [6, 6.07) is 5.79. The Labute approximate surface area is 122 Å². The van der Waals surface area contributed by atoms with Crippen molar-refractivity contribution in [3.63, 3.8) is 0 Å². The molecule has 1 aromatic carbocycles. The predicted molar refractivity (Wildman–Crippen MR) is 78.3 cm³/mol. The lowest BCUT2D eigenvalue weighted by Crippen LogP contribution is -2.42. The van der Waals surface area contributed by atoms with Crippen LogP contribution in [-0.2, 0) is 16.0 Å². The third kappa shape index (κ3) is 2.89. The second kappa shape index (κ2) is 5.55. The fourth-order valence-electron chi connectivity index (χ4n) is 2.79. The van der Waals surface area contributed by atoms with Gasteiger partial charge in [-0.25, -0.2) is 4.98 Å². The monoisotopic (exact) mass is 286 g/mol. The van der Waals surface area contributed by atoms with Crippen LogP contribution in [0.15, 0.2) is 24.5 Å². The van der Waals surface area contributed by atoms with Crippen LogP contribution in [0.4, 0.5) is 0 Å². The van der Waals surface area contributed by atoms with Gasteiger partial charge >= 0.3 is 0 Å². The van der Waals surface area contributed by atoms with Crippen LogP contribution in [0.3, 0.4) is 0 Å². The highest BCUT2D eigenvalue weighted by Crippen LogP contribution is 2.18. The van der Waals surface area contributed by atoms with Crippen molar-refractivity contribution in [2.24, 2.45) is 11.7 Å². The van der Waals surface area contributed by atoms with Gasteiger partial charge in [0.2, 0.25) is 11.8 Å². The lowest BCUT2D eigenvalue weighted by Gasteiger charge is -2.30. The molecule has 6 heteroatoms. The molecule has 1 fully saturated rings. The van der Waals surface area contributed by atoms with Gasteiger partial charge in [-0.05, 0) is 30.5 Å². The number of nitrogens with zero attached hydrogens (tertiary/aromatic N) is 2. The van der Waals surface area contributed by atoms with Gasteiger partial charge in [0.05, 0.1) is 23.8 Å². The number of amides is 2. The quantitative estimate of drug-likeness (QED) is 0.875. The van der Waals surface area contributed by atoms with E-state index in [9.17, 15) is 9.59 Å². The maximum Gasteiger partial charge on any atom is 0.226 e. The Balaban J connectivity index is 1.62. The van der Waals surface area contributed by atoms with Gasteiger partial charge in [0.1, 0.15) is 0 Å². The first kappa shape index (κ1) is 13.6. The van der Waals surface area contributed by atoms with E-state index in [2.05, 4.69) is 9.97 Å². The highest BCUT2D eigenvalue weighted by Gasteiger charge is 2.25. The van der Waals surface area contributed by atoms with Crippen LogP contribution in [0, 0.1) is 5.92 Å². The molecule has 21 heavy (non-hydrogen) atoms. The van der Waals surface area contributed by atoms with Crippen LogP contribution in [0.25, 0.3) is 11.0 Å². The molecule has 2 heterocycles. The molecule has 0 saturated carbocycles. The topological polar surface area (TPSA) is 92.1 Å². The summed E-state index contributed by atoms with van der Waals surface area (Å²) in [6.45, 7) is 1.22. The van der Waals surface area contributed by atoms with Gasteiger partial charge in [0.15, 0.2) is 0 Å². The molecule has 2 aromatic rings. The van der Waals surface area contributed by atoms with Gasteiger partial charge in [-0.1, -0.05) is 6.07 Å². The van der Waals surface area contributed by atoms with Crippen LogP contribution in [0.2, 0.25) is 0 Å². The van der Waals surface area contributed by atoms with Gasteiger partial charge in [0, 0.05) is 19.0 Å². The largest absolute Gasteiger partial charge is 0.369 e. The average Bonchev–Trinajstić information content (AvgIpc) is 2.95. The Bertz CT molecular complexity index is 671. The van der Waals surface area contributed by atoms with Crippen molar-refractivity contribution in [3.8, 4) is 0 Å². The number of H-pyrrole nitrogens is 1. The number of nitrogens with one attached hydrogen (secondary N) is 1. The third-order valence-corrected chi connectivity index (χ3v) is 4.09. The number of hydrogen-bond acceptors (Lipinski definition) is 3. The Morgan fingerprint density at radius 1 is 1.33 bits per heavy atom. The lowest BCUT2D eigenvalue weighted by atomic mass is 9.96. The number of imidazole rings is 1. The van der Waals surface area contributed by atoms with E-state index in [-0.39, 0.29) is 17.7 Å². The zero-order valence-electron chi connectivity index (χ0n) is 11.7. The summed E-state index contributed by atoms with van der Waals surface area (Å²) in [4.78, 5) is 32.5. The minimum absolute atomic E-state index is 0.0876. The summed E-state index contributed by atoms with van der Waals surface area (Å²) < 4.78 is 0. The molecule has 0 aliphatic carbocycles. The first-order valence-electron chi connectivity index (χ1n) is 7.12. The molecule has 0 atom stereocenters. The SMILES string of the molecule is NC(=O)C1CCN(C(=O)Cc2ccc3nc[nH]c3c2)CC1. The molecule has 0 unspecified atom stereocenters. The van der Waals surface area contributed by atoms with Crippen molar-refractivity contribution < 1.29 is 9.59 Å². The number of benzene rings is 1. The molecule has 2 amide bonds. The molecule has 6 nitrogen and oxygen atoms in total. The fraction of sp³-hybridized carbons (Fsp3) is 0.400. The molecule has 1 aromatic heterocycles. The molecule has 1 saturated heterocycles. The molecular formula is C15H18N4O2. The molecule has 0 radical (unpaired) electrons. The van der Waals surface area contributed by atoms with Gasteiger partial charge in [-0.15, -0.1) is 0 Å². The maximum atomic E-state index is 12.3. The van der Waals surface area contributed by atoms with Gasteiger partial charge in [-0.2, -0.15) is 0 Å². The van der Waals surface area contributed by atoms with E-state index < -0.39 is 0 Å². The summed E-state index contributed by atoms with van der Waals surface area (Å²) >= 11 is 0. The number of hydrogen-bond donors (Lipinski definition) is 2. The van der Waals surface area contributed by atoms with Crippen molar-refractivity contribution in [1.82, 2.24) is 14.9 Å². The molecule has 110 valence electrons. The van der Waals surface area contributed by atoms with Crippen molar-refractivity contribution in [2.75, 3.05) is 13.1 Å². The van der Waals surface area contributed by atoms with E-state index in [1.54, 1.807) is 6.33 Å². The van der Waals surface area contributed by atoms with Crippen LogP contribution in [0.1, 0.15) is 18.4 Å². The summed E-state index contributed by atoms with van der Waals surface area (Å²) in [5, 5.41) is 0. The van der Waals surface area contributed by atoms with E-state index in [1.807, 2.05) is 23.1 Å². The summed E-state index contributed by atoms with van der Waals surface area (Å²) in [5.74, 6) is -0.251. The van der Waals surface area contributed by atoms with Crippen molar-refractivity contribution in [1.29, 1.82) is 0 Å². The average molecular weight is 286 g/mol. The molecule has 1 aliphatic rings.